The van der Waals surface area contributed by atoms with Crippen molar-refractivity contribution in [3.05, 3.63) is 70.2 Å². The van der Waals surface area contributed by atoms with Crippen molar-refractivity contribution in [1.82, 2.24) is 5.32 Å². The van der Waals surface area contributed by atoms with Crippen LogP contribution in [0.2, 0.25) is 5.02 Å². The molecule has 0 fully saturated rings. The molecule has 0 heterocycles. The molecule has 0 amide bonds. The van der Waals surface area contributed by atoms with E-state index >= 15 is 0 Å². The van der Waals surface area contributed by atoms with Crippen LogP contribution in [-0.4, -0.2) is 0 Å². The molecule has 0 saturated heterocycles. The van der Waals surface area contributed by atoms with Gasteiger partial charge in [-0.2, -0.15) is 0 Å². The Bertz CT molecular complexity index is 557. The highest BCUT2D eigenvalue weighted by Gasteiger charge is 2.11. The van der Waals surface area contributed by atoms with Crippen LogP contribution in [0.1, 0.15) is 62.4 Å². The lowest BCUT2D eigenvalue weighted by Gasteiger charge is -2.21. The zero-order valence-corrected chi connectivity index (χ0v) is 14.0. The molecule has 0 aromatic heterocycles. The Labute approximate surface area is 133 Å². The number of hydrogen-bond donors (Lipinski definition) is 1. The van der Waals surface area contributed by atoms with E-state index in [9.17, 15) is 0 Å². The standard InChI is InChI=1S/C19H24ClN/c1-13(2)16-5-7-17(8-6-16)14(3)21-15(4)18-9-11-19(20)12-10-18/h5-15,21H,1-4H3/t14?,15-/m1/s1. The average molecular weight is 302 g/mol. The van der Waals surface area contributed by atoms with Crippen molar-refractivity contribution < 1.29 is 0 Å². The minimum atomic E-state index is 0.294. The van der Waals surface area contributed by atoms with Crippen molar-refractivity contribution in [3.63, 3.8) is 0 Å². The molecule has 21 heavy (non-hydrogen) atoms. The van der Waals surface area contributed by atoms with Crippen LogP contribution < -0.4 is 5.32 Å². The second-order valence-corrected chi connectivity index (χ2v) is 6.42. The Balaban J connectivity index is 2.03. The fourth-order valence-corrected chi connectivity index (χ4v) is 2.61. The van der Waals surface area contributed by atoms with Crippen LogP contribution in [0.5, 0.6) is 0 Å². The molecule has 2 atom stereocenters. The minimum absolute atomic E-state index is 0.294. The van der Waals surface area contributed by atoms with Gasteiger partial charge in [0.05, 0.1) is 0 Å². The van der Waals surface area contributed by atoms with Crippen molar-refractivity contribution in [3.8, 4) is 0 Å². The first-order valence-corrected chi connectivity index (χ1v) is 7.96. The number of rotatable bonds is 5. The van der Waals surface area contributed by atoms with E-state index in [0.29, 0.717) is 18.0 Å². The number of nitrogens with one attached hydrogen (secondary N) is 1. The van der Waals surface area contributed by atoms with Gasteiger partial charge >= 0.3 is 0 Å². The summed E-state index contributed by atoms with van der Waals surface area (Å²) in [6, 6.07) is 17.6. The predicted molar refractivity (Wildman–Crippen MR) is 91.9 cm³/mol. The van der Waals surface area contributed by atoms with Crippen LogP contribution in [0.15, 0.2) is 48.5 Å². The summed E-state index contributed by atoms with van der Waals surface area (Å²) in [6.07, 6.45) is 0. The Morgan fingerprint density at radius 2 is 1.05 bits per heavy atom. The van der Waals surface area contributed by atoms with E-state index in [1.165, 1.54) is 16.7 Å². The van der Waals surface area contributed by atoms with Gasteiger partial charge in [0.2, 0.25) is 0 Å². The van der Waals surface area contributed by atoms with Gasteiger partial charge in [0.25, 0.3) is 0 Å². The third-order valence-electron chi connectivity index (χ3n) is 3.97. The molecule has 0 radical (unpaired) electrons. The maximum absolute atomic E-state index is 5.94. The van der Waals surface area contributed by atoms with Gasteiger partial charge < -0.3 is 5.32 Å². The zero-order valence-electron chi connectivity index (χ0n) is 13.2. The lowest BCUT2D eigenvalue weighted by molar-refractivity contribution is 0.494. The molecule has 1 unspecified atom stereocenters. The molecule has 1 nitrogen and oxygen atoms in total. The average Bonchev–Trinajstić information content (AvgIpc) is 2.47. The van der Waals surface area contributed by atoms with Gasteiger partial charge in [-0.15, -0.1) is 0 Å². The molecule has 0 aliphatic rings. The van der Waals surface area contributed by atoms with Crippen LogP contribution in [0.25, 0.3) is 0 Å². The second-order valence-electron chi connectivity index (χ2n) is 5.98. The van der Waals surface area contributed by atoms with E-state index in [0.717, 1.165) is 5.02 Å². The van der Waals surface area contributed by atoms with Crippen molar-refractivity contribution in [2.75, 3.05) is 0 Å². The smallest absolute Gasteiger partial charge is 0.0406 e. The van der Waals surface area contributed by atoms with Crippen LogP contribution in [0.3, 0.4) is 0 Å². The molecule has 2 heteroatoms. The molecule has 1 N–H and O–H groups in total. The van der Waals surface area contributed by atoms with E-state index in [-0.39, 0.29) is 0 Å². The Morgan fingerprint density at radius 1 is 0.667 bits per heavy atom. The van der Waals surface area contributed by atoms with Gasteiger partial charge in [0, 0.05) is 17.1 Å². The maximum Gasteiger partial charge on any atom is 0.0406 e. The van der Waals surface area contributed by atoms with Gasteiger partial charge in [0.1, 0.15) is 0 Å². The van der Waals surface area contributed by atoms with Crippen LogP contribution in [0.4, 0.5) is 0 Å². The van der Waals surface area contributed by atoms with Crippen LogP contribution in [0, 0.1) is 0 Å². The number of halogens is 1. The first-order valence-electron chi connectivity index (χ1n) is 7.58. The highest BCUT2D eigenvalue weighted by Crippen LogP contribution is 2.22. The molecular weight excluding hydrogens is 278 g/mol. The van der Waals surface area contributed by atoms with E-state index in [4.69, 9.17) is 11.6 Å². The molecule has 0 spiro atoms. The Kier molecular flexibility index (Phi) is 5.44. The fourth-order valence-electron chi connectivity index (χ4n) is 2.49. The molecule has 0 bridgehead atoms. The maximum atomic E-state index is 5.94. The number of benzene rings is 2. The summed E-state index contributed by atoms with van der Waals surface area (Å²) < 4.78 is 0. The normalized spacial score (nSPS) is 14.2. The van der Waals surface area contributed by atoms with E-state index in [2.05, 4.69) is 69.4 Å². The van der Waals surface area contributed by atoms with Crippen LogP contribution in [-0.2, 0) is 0 Å². The molecule has 2 rings (SSSR count). The monoisotopic (exact) mass is 301 g/mol. The third kappa shape index (κ3) is 4.33. The van der Waals surface area contributed by atoms with Crippen molar-refractivity contribution >= 4 is 11.6 Å². The molecule has 0 saturated carbocycles. The Morgan fingerprint density at radius 3 is 1.48 bits per heavy atom. The number of hydrogen-bond acceptors (Lipinski definition) is 1. The van der Waals surface area contributed by atoms with Crippen LogP contribution >= 0.6 is 11.6 Å². The summed E-state index contributed by atoms with van der Waals surface area (Å²) in [4.78, 5) is 0. The Hall–Kier alpha value is -1.31. The summed E-state index contributed by atoms with van der Waals surface area (Å²) in [5, 5.41) is 4.42. The van der Waals surface area contributed by atoms with E-state index in [1.807, 2.05) is 12.1 Å². The zero-order chi connectivity index (χ0) is 15.4. The van der Waals surface area contributed by atoms with Gasteiger partial charge in [0.15, 0.2) is 0 Å². The summed E-state index contributed by atoms with van der Waals surface area (Å²) >= 11 is 5.94. The highest BCUT2D eigenvalue weighted by atomic mass is 35.5. The first kappa shape index (κ1) is 16.1. The summed E-state index contributed by atoms with van der Waals surface area (Å²) in [7, 11) is 0. The van der Waals surface area contributed by atoms with Gasteiger partial charge in [-0.25, -0.2) is 0 Å². The largest absolute Gasteiger partial charge is 0.304 e. The van der Waals surface area contributed by atoms with Gasteiger partial charge in [-0.1, -0.05) is 61.8 Å². The lowest BCUT2D eigenvalue weighted by Crippen LogP contribution is -2.22. The SMILES string of the molecule is CC(C)c1ccc(C(C)N[C@H](C)c2ccc(Cl)cc2)cc1. The van der Waals surface area contributed by atoms with Crippen molar-refractivity contribution in [2.45, 2.75) is 45.7 Å². The topological polar surface area (TPSA) is 12.0 Å². The van der Waals surface area contributed by atoms with Crippen molar-refractivity contribution in [1.29, 1.82) is 0 Å². The summed E-state index contributed by atoms with van der Waals surface area (Å²) in [6.45, 7) is 8.83. The summed E-state index contributed by atoms with van der Waals surface area (Å²) in [5.74, 6) is 0.579. The molecule has 0 aliphatic heterocycles. The minimum Gasteiger partial charge on any atom is -0.304 e. The molecule has 2 aromatic rings. The van der Waals surface area contributed by atoms with Crippen molar-refractivity contribution in [2.24, 2.45) is 0 Å². The predicted octanol–water partition coefficient (Wildman–Crippen LogP) is 5.88. The fraction of sp³-hybridized carbons (Fsp3) is 0.368. The van der Waals surface area contributed by atoms with E-state index in [1.54, 1.807) is 0 Å². The molecule has 112 valence electrons. The molecular formula is C19H24ClN. The van der Waals surface area contributed by atoms with Gasteiger partial charge in [-0.3, -0.25) is 0 Å². The first-order chi connectivity index (χ1) is 9.97. The third-order valence-corrected chi connectivity index (χ3v) is 4.23. The molecule has 2 aromatic carbocycles. The summed E-state index contributed by atoms with van der Waals surface area (Å²) in [5.41, 5.74) is 3.96. The lowest BCUT2D eigenvalue weighted by atomic mass is 9.99. The second kappa shape index (κ2) is 7.11. The van der Waals surface area contributed by atoms with E-state index < -0.39 is 0 Å². The quantitative estimate of drug-likeness (QED) is 0.727. The molecule has 0 aliphatic carbocycles. The van der Waals surface area contributed by atoms with Gasteiger partial charge in [-0.05, 0) is 48.6 Å². The highest BCUT2D eigenvalue weighted by molar-refractivity contribution is 6.30.